The number of phenols is 1. The van der Waals surface area contributed by atoms with E-state index in [2.05, 4.69) is 26.5 Å². The van der Waals surface area contributed by atoms with Gasteiger partial charge in [-0.1, -0.05) is 27.5 Å². The molecule has 0 saturated carbocycles. The Kier molecular flexibility index (Phi) is 6.45. The maximum absolute atomic E-state index is 11.7. The lowest BCUT2D eigenvalue weighted by molar-refractivity contribution is -0.123. The topological polar surface area (TPSA) is 80.2 Å². The van der Waals surface area contributed by atoms with E-state index in [-0.39, 0.29) is 12.4 Å². The van der Waals surface area contributed by atoms with Gasteiger partial charge in [0.1, 0.15) is 5.75 Å². The Morgan fingerprint density at radius 3 is 2.75 bits per heavy atom. The van der Waals surface area contributed by atoms with E-state index in [1.54, 1.807) is 30.3 Å². The average Bonchev–Trinajstić information content (AvgIpc) is 2.54. The van der Waals surface area contributed by atoms with Gasteiger partial charge in [-0.25, -0.2) is 5.43 Å². The average molecular weight is 414 g/mol. The third-order valence-corrected chi connectivity index (χ3v) is 3.65. The van der Waals surface area contributed by atoms with E-state index in [9.17, 15) is 9.90 Å². The van der Waals surface area contributed by atoms with Gasteiger partial charge in [0.05, 0.1) is 18.3 Å². The molecule has 2 N–H and O–H groups in total. The fourth-order valence-corrected chi connectivity index (χ4v) is 2.46. The number of ether oxygens (including phenoxy) is 2. The van der Waals surface area contributed by atoms with Crippen molar-refractivity contribution in [3.63, 3.8) is 0 Å². The van der Waals surface area contributed by atoms with E-state index in [1.165, 1.54) is 19.4 Å². The Bertz CT molecular complexity index is 768. The van der Waals surface area contributed by atoms with Crippen molar-refractivity contribution in [1.82, 2.24) is 5.43 Å². The van der Waals surface area contributed by atoms with Crippen LogP contribution in [0.5, 0.6) is 17.2 Å². The number of phenolic OH excluding ortho intramolecular Hbond substituents is 1. The molecule has 0 aliphatic heterocycles. The summed E-state index contributed by atoms with van der Waals surface area (Å²) in [5.74, 6) is 0.305. The van der Waals surface area contributed by atoms with Crippen molar-refractivity contribution >= 4 is 39.7 Å². The monoisotopic (exact) mass is 412 g/mol. The molecule has 0 aliphatic carbocycles. The lowest BCUT2D eigenvalue weighted by Crippen LogP contribution is -2.24. The van der Waals surface area contributed by atoms with Crippen LogP contribution < -0.4 is 14.9 Å². The fraction of sp³-hybridized carbons (Fsp3) is 0.125. The maximum atomic E-state index is 11.7. The van der Waals surface area contributed by atoms with Crippen LogP contribution in [0, 0.1) is 0 Å². The van der Waals surface area contributed by atoms with Gasteiger partial charge in [0.15, 0.2) is 18.1 Å². The Morgan fingerprint density at radius 2 is 2.08 bits per heavy atom. The summed E-state index contributed by atoms with van der Waals surface area (Å²) in [6.45, 7) is -0.230. The first kappa shape index (κ1) is 18.1. The summed E-state index contributed by atoms with van der Waals surface area (Å²) in [4.78, 5) is 11.7. The zero-order valence-corrected chi connectivity index (χ0v) is 15.0. The summed E-state index contributed by atoms with van der Waals surface area (Å²) in [6.07, 6.45) is 1.39. The molecule has 6 nitrogen and oxygen atoms in total. The van der Waals surface area contributed by atoms with Gasteiger partial charge in [-0.05, 0) is 42.0 Å². The molecule has 1 amide bonds. The first-order valence-electron chi connectivity index (χ1n) is 6.76. The molecule has 0 unspecified atom stereocenters. The minimum atomic E-state index is -0.442. The van der Waals surface area contributed by atoms with Crippen LogP contribution in [-0.2, 0) is 4.79 Å². The Hall–Kier alpha value is -2.25. The lowest BCUT2D eigenvalue weighted by atomic mass is 10.2. The molecule has 0 radical (unpaired) electrons. The van der Waals surface area contributed by atoms with Crippen LogP contribution in [0.4, 0.5) is 0 Å². The lowest BCUT2D eigenvalue weighted by Gasteiger charge is -2.07. The first-order valence-corrected chi connectivity index (χ1v) is 7.93. The minimum Gasteiger partial charge on any atom is -0.504 e. The van der Waals surface area contributed by atoms with Crippen LogP contribution >= 0.6 is 27.5 Å². The Morgan fingerprint density at radius 1 is 1.33 bits per heavy atom. The number of hydrazone groups is 1. The Balaban J connectivity index is 1.85. The van der Waals surface area contributed by atoms with Gasteiger partial charge < -0.3 is 14.6 Å². The van der Waals surface area contributed by atoms with Crippen LogP contribution in [-0.4, -0.2) is 30.9 Å². The van der Waals surface area contributed by atoms with E-state index in [4.69, 9.17) is 21.1 Å². The second-order valence-corrected chi connectivity index (χ2v) is 5.91. The molecule has 2 aromatic rings. The summed E-state index contributed by atoms with van der Waals surface area (Å²) in [5.41, 5.74) is 2.92. The molecule has 24 heavy (non-hydrogen) atoms. The van der Waals surface area contributed by atoms with Crippen molar-refractivity contribution in [1.29, 1.82) is 0 Å². The fourth-order valence-electron chi connectivity index (χ4n) is 1.73. The van der Waals surface area contributed by atoms with Crippen LogP contribution in [0.25, 0.3) is 0 Å². The van der Waals surface area contributed by atoms with Gasteiger partial charge in [0.2, 0.25) is 0 Å². The highest BCUT2D eigenvalue weighted by atomic mass is 79.9. The smallest absolute Gasteiger partial charge is 0.277 e. The number of amides is 1. The third kappa shape index (κ3) is 5.14. The number of carbonyl (C=O) groups is 1. The van der Waals surface area contributed by atoms with Gasteiger partial charge in [-0.2, -0.15) is 5.10 Å². The van der Waals surface area contributed by atoms with Gasteiger partial charge >= 0.3 is 0 Å². The molecule has 0 atom stereocenters. The van der Waals surface area contributed by atoms with E-state index >= 15 is 0 Å². The standard InChI is InChI=1S/C16H14BrClN2O4/c1-23-15-4-2-10(6-13(15)21)8-19-20-16(22)9-24-14-5-3-11(17)7-12(14)18/h2-8,21H,9H2,1H3,(H,20,22)/b19-8+. The van der Waals surface area contributed by atoms with E-state index in [0.29, 0.717) is 22.1 Å². The number of benzene rings is 2. The van der Waals surface area contributed by atoms with Crippen molar-refractivity contribution in [3.8, 4) is 17.2 Å². The van der Waals surface area contributed by atoms with Gasteiger partial charge in [-0.3, -0.25) is 4.79 Å². The number of hydrogen-bond donors (Lipinski definition) is 2. The molecular weight excluding hydrogens is 400 g/mol. The highest BCUT2D eigenvalue weighted by Gasteiger charge is 2.06. The molecule has 8 heteroatoms. The van der Waals surface area contributed by atoms with Crippen LogP contribution in [0.2, 0.25) is 5.02 Å². The largest absolute Gasteiger partial charge is 0.504 e. The maximum Gasteiger partial charge on any atom is 0.277 e. The molecular formula is C16H14BrClN2O4. The number of halogens is 2. The summed E-state index contributed by atoms with van der Waals surface area (Å²) < 4.78 is 11.1. The first-order chi connectivity index (χ1) is 11.5. The highest BCUT2D eigenvalue weighted by Crippen LogP contribution is 2.27. The van der Waals surface area contributed by atoms with Crippen LogP contribution in [0.15, 0.2) is 46.0 Å². The second-order valence-electron chi connectivity index (χ2n) is 4.59. The van der Waals surface area contributed by atoms with E-state index in [0.717, 1.165) is 4.47 Å². The molecule has 0 bridgehead atoms. The van der Waals surface area contributed by atoms with Crippen LogP contribution in [0.1, 0.15) is 5.56 Å². The van der Waals surface area contributed by atoms with Crippen molar-refractivity contribution in [2.24, 2.45) is 5.10 Å². The molecule has 0 fully saturated rings. The summed E-state index contributed by atoms with van der Waals surface area (Å²) in [5, 5.41) is 13.8. The number of nitrogens with zero attached hydrogens (tertiary/aromatic N) is 1. The highest BCUT2D eigenvalue weighted by molar-refractivity contribution is 9.10. The molecule has 0 aliphatic rings. The number of aromatic hydroxyl groups is 1. The SMILES string of the molecule is COc1ccc(/C=N/NC(=O)COc2ccc(Br)cc2Cl)cc1O. The number of methoxy groups -OCH3 is 1. The summed E-state index contributed by atoms with van der Waals surface area (Å²) in [7, 11) is 1.46. The number of carbonyl (C=O) groups excluding carboxylic acids is 1. The molecule has 0 spiro atoms. The minimum absolute atomic E-state index is 0.0130. The van der Waals surface area contributed by atoms with E-state index < -0.39 is 5.91 Å². The molecule has 0 heterocycles. The zero-order chi connectivity index (χ0) is 17.5. The summed E-state index contributed by atoms with van der Waals surface area (Å²) in [6, 6.07) is 9.83. The Labute approximate surface area is 152 Å². The summed E-state index contributed by atoms with van der Waals surface area (Å²) >= 11 is 9.27. The molecule has 126 valence electrons. The van der Waals surface area contributed by atoms with Crippen molar-refractivity contribution in [2.45, 2.75) is 0 Å². The van der Waals surface area contributed by atoms with Crippen molar-refractivity contribution < 1.29 is 19.4 Å². The van der Waals surface area contributed by atoms with Crippen molar-refractivity contribution in [3.05, 3.63) is 51.5 Å². The quantitative estimate of drug-likeness (QED) is 0.562. The molecule has 0 aromatic heterocycles. The second kappa shape index (κ2) is 8.56. The molecule has 2 aromatic carbocycles. The normalized spacial score (nSPS) is 10.6. The zero-order valence-electron chi connectivity index (χ0n) is 12.6. The predicted molar refractivity (Wildman–Crippen MR) is 95.0 cm³/mol. The predicted octanol–water partition coefficient (Wildman–Crippen LogP) is 3.35. The number of hydrogen-bond acceptors (Lipinski definition) is 5. The van der Waals surface area contributed by atoms with Crippen molar-refractivity contribution in [2.75, 3.05) is 13.7 Å². The molecule has 2 rings (SSSR count). The van der Waals surface area contributed by atoms with Gasteiger partial charge in [0, 0.05) is 4.47 Å². The third-order valence-electron chi connectivity index (χ3n) is 2.86. The van der Waals surface area contributed by atoms with Gasteiger partial charge in [0.25, 0.3) is 5.91 Å². The van der Waals surface area contributed by atoms with Crippen LogP contribution in [0.3, 0.4) is 0 Å². The number of rotatable bonds is 6. The molecule has 0 saturated heterocycles. The van der Waals surface area contributed by atoms with E-state index in [1.807, 2.05) is 0 Å². The van der Waals surface area contributed by atoms with Gasteiger partial charge in [-0.15, -0.1) is 0 Å². The number of nitrogens with one attached hydrogen (secondary N) is 1.